The minimum absolute atomic E-state index is 0.0488. The second-order valence-corrected chi connectivity index (χ2v) is 5.74. The van der Waals surface area contributed by atoms with Crippen LogP contribution < -0.4 is 5.32 Å². The van der Waals surface area contributed by atoms with Crippen molar-refractivity contribution in [1.82, 2.24) is 10.2 Å². The first-order valence-corrected chi connectivity index (χ1v) is 7.46. The smallest absolute Gasteiger partial charge is 0.142 e. The molecule has 19 heavy (non-hydrogen) atoms. The molecule has 1 unspecified atom stereocenters. The Bertz CT molecular complexity index is 477. The molecule has 1 aromatic carbocycles. The Morgan fingerprint density at radius 1 is 1.21 bits per heavy atom. The third-order valence-electron chi connectivity index (χ3n) is 3.58. The lowest BCUT2D eigenvalue weighted by molar-refractivity contribution is 0.270. The highest BCUT2D eigenvalue weighted by Gasteiger charge is 2.31. The predicted octanol–water partition coefficient (Wildman–Crippen LogP) is 4.61. The van der Waals surface area contributed by atoms with Gasteiger partial charge in [0.05, 0.1) is 0 Å². The van der Waals surface area contributed by atoms with Crippen LogP contribution in [0.1, 0.15) is 42.6 Å². The van der Waals surface area contributed by atoms with Crippen molar-refractivity contribution in [2.75, 3.05) is 6.54 Å². The van der Waals surface area contributed by atoms with Crippen molar-refractivity contribution in [2.24, 2.45) is 0 Å². The molecule has 0 saturated carbocycles. The third-order valence-corrected chi connectivity index (χ3v) is 4.37. The summed E-state index contributed by atoms with van der Waals surface area (Å²) in [4.78, 5) is 2.16. The summed E-state index contributed by atoms with van der Waals surface area (Å²) >= 11 is 12.5. The molecule has 0 amide bonds. The van der Waals surface area contributed by atoms with Gasteiger partial charge in [-0.2, -0.15) is 0 Å². The molecule has 1 N–H and O–H groups in total. The monoisotopic (exact) mass is 298 g/mol. The van der Waals surface area contributed by atoms with E-state index in [0.29, 0.717) is 10.3 Å². The molecule has 2 nitrogen and oxygen atoms in total. The van der Waals surface area contributed by atoms with Gasteiger partial charge in [0.2, 0.25) is 0 Å². The Hall–Kier alpha value is -0.860. The quantitative estimate of drug-likeness (QED) is 0.817. The molecule has 0 saturated heterocycles. The fraction of sp³-hybridized carbons (Fsp3) is 0.467. The summed E-state index contributed by atoms with van der Waals surface area (Å²) in [5, 5.41) is 4.47. The standard InChI is InChI=1S/C15H20Cl2N2/c1-4-5-9-19-14(17)13(16)18-15(19)12-10(2)7-6-8-11(12)3/h6-8,15,18H,4-5,9H2,1-3H3. The summed E-state index contributed by atoms with van der Waals surface area (Å²) in [6, 6.07) is 6.33. The van der Waals surface area contributed by atoms with Crippen LogP contribution in [0.4, 0.5) is 0 Å². The average Bonchev–Trinajstić information content (AvgIpc) is 2.63. The molecule has 0 bridgehead atoms. The molecule has 104 valence electrons. The normalized spacial score (nSPS) is 19.0. The molecule has 0 radical (unpaired) electrons. The summed E-state index contributed by atoms with van der Waals surface area (Å²) in [6.45, 7) is 7.35. The van der Waals surface area contributed by atoms with Crippen molar-refractivity contribution in [3.8, 4) is 0 Å². The van der Waals surface area contributed by atoms with E-state index in [1.54, 1.807) is 0 Å². The van der Waals surface area contributed by atoms with Crippen LogP contribution in [0.2, 0.25) is 0 Å². The molecule has 1 heterocycles. The van der Waals surface area contributed by atoms with Gasteiger partial charge in [-0.25, -0.2) is 0 Å². The lowest BCUT2D eigenvalue weighted by Crippen LogP contribution is -2.30. The number of rotatable bonds is 4. The minimum atomic E-state index is 0.0488. The van der Waals surface area contributed by atoms with Gasteiger partial charge in [-0.15, -0.1) is 0 Å². The minimum Gasteiger partial charge on any atom is -0.350 e. The summed E-state index contributed by atoms with van der Waals surface area (Å²) in [5.74, 6) is 0. The van der Waals surface area contributed by atoms with Crippen LogP contribution in [0.25, 0.3) is 0 Å². The van der Waals surface area contributed by atoms with E-state index in [9.17, 15) is 0 Å². The van der Waals surface area contributed by atoms with Gasteiger partial charge in [0, 0.05) is 12.1 Å². The van der Waals surface area contributed by atoms with Crippen molar-refractivity contribution in [2.45, 2.75) is 39.8 Å². The fourth-order valence-electron chi connectivity index (χ4n) is 2.54. The van der Waals surface area contributed by atoms with Crippen LogP contribution in [-0.4, -0.2) is 11.4 Å². The van der Waals surface area contributed by atoms with E-state index < -0.39 is 0 Å². The number of unbranched alkanes of at least 4 members (excludes halogenated alkanes) is 1. The highest BCUT2D eigenvalue weighted by Crippen LogP contribution is 2.37. The Morgan fingerprint density at radius 2 is 1.84 bits per heavy atom. The van der Waals surface area contributed by atoms with Gasteiger partial charge >= 0.3 is 0 Å². The number of hydrogen-bond donors (Lipinski definition) is 1. The highest BCUT2D eigenvalue weighted by atomic mass is 35.5. The highest BCUT2D eigenvalue weighted by molar-refractivity contribution is 6.39. The van der Waals surface area contributed by atoms with Gasteiger partial charge in [-0.3, -0.25) is 0 Å². The summed E-state index contributed by atoms with van der Waals surface area (Å²) in [5.41, 5.74) is 3.79. The summed E-state index contributed by atoms with van der Waals surface area (Å²) in [6.07, 6.45) is 2.29. The van der Waals surface area contributed by atoms with Crippen molar-refractivity contribution < 1.29 is 0 Å². The second kappa shape index (κ2) is 6.06. The second-order valence-electron chi connectivity index (χ2n) is 5.00. The Balaban J connectivity index is 2.34. The summed E-state index contributed by atoms with van der Waals surface area (Å²) < 4.78 is 0. The maximum Gasteiger partial charge on any atom is 0.142 e. The Kier molecular flexibility index (Phi) is 4.64. The maximum atomic E-state index is 6.32. The topological polar surface area (TPSA) is 15.3 Å². The van der Waals surface area contributed by atoms with E-state index in [4.69, 9.17) is 23.2 Å². The zero-order valence-corrected chi connectivity index (χ0v) is 13.1. The molecule has 0 spiro atoms. The average molecular weight is 299 g/mol. The van der Waals surface area contributed by atoms with Crippen molar-refractivity contribution in [3.05, 3.63) is 45.2 Å². The first-order chi connectivity index (χ1) is 9.06. The molecule has 0 aromatic heterocycles. The fourth-order valence-corrected chi connectivity index (χ4v) is 2.99. The molecule has 1 aromatic rings. The van der Waals surface area contributed by atoms with E-state index in [2.05, 4.69) is 49.2 Å². The van der Waals surface area contributed by atoms with Crippen LogP contribution >= 0.6 is 23.2 Å². The van der Waals surface area contributed by atoms with Crippen molar-refractivity contribution in [1.29, 1.82) is 0 Å². The molecule has 0 aliphatic carbocycles. The first kappa shape index (κ1) is 14.5. The molecule has 1 aliphatic heterocycles. The van der Waals surface area contributed by atoms with E-state index in [0.717, 1.165) is 19.4 Å². The predicted molar refractivity (Wildman–Crippen MR) is 82.1 cm³/mol. The zero-order chi connectivity index (χ0) is 14.0. The molecular weight excluding hydrogens is 279 g/mol. The Labute approximate surface area is 125 Å². The lowest BCUT2D eigenvalue weighted by Gasteiger charge is -2.29. The molecule has 1 aliphatic rings. The van der Waals surface area contributed by atoms with Crippen LogP contribution in [-0.2, 0) is 0 Å². The van der Waals surface area contributed by atoms with Crippen LogP contribution in [0.5, 0.6) is 0 Å². The maximum absolute atomic E-state index is 6.32. The lowest BCUT2D eigenvalue weighted by atomic mass is 10.00. The number of nitrogens with one attached hydrogen (secondary N) is 1. The van der Waals surface area contributed by atoms with Gasteiger partial charge < -0.3 is 10.2 Å². The van der Waals surface area contributed by atoms with Crippen molar-refractivity contribution in [3.63, 3.8) is 0 Å². The van der Waals surface area contributed by atoms with E-state index in [1.165, 1.54) is 16.7 Å². The third kappa shape index (κ3) is 2.85. The van der Waals surface area contributed by atoms with E-state index >= 15 is 0 Å². The summed E-state index contributed by atoms with van der Waals surface area (Å²) in [7, 11) is 0. The van der Waals surface area contributed by atoms with E-state index in [1.807, 2.05) is 0 Å². The van der Waals surface area contributed by atoms with Gasteiger partial charge in [0.25, 0.3) is 0 Å². The molecule has 4 heteroatoms. The first-order valence-electron chi connectivity index (χ1n) is 6.70. The Morgan fingerprint density at radius 3 is 2.42 bits per heavy atom. The molecule has 0 fully saturated rings. The largest absolute Gasteiger partial charge is 0.350 e. The molecule has 1 atom stereocenters. The van der Waals surface area contributed by atoms with Gasteiger partial charge in [0.1, 0.15) is 16.5 Å². The number of halogens is 2. The molecular formula is C15H20Cl2N2. The van der Waals surface area contributed by atoms with Gasteiger partial charge in [-0.05, 0) is 31.4 Å². The van der Waals surface area contributed by atoms with E-state index in [-0.39, 0.29) is 6.17 Å². The number of benzene rings is 1. The van der Waals surface area contributed by atoms with Gasteiger partial charge in [-0.1, -0.05) is 54.7 Å². The number of nitrogens with zero attached hydrogens (tertiary/aromatic N) is 1. The van der Waals surface area contributed by atoms with Crippen LogP contribution in [0.15, 0.2) is 28.5 Å². The zero-order valence-electron chi connectivity index (χ0n) is 11.6. The van der Waals surface area contributed by atoms with Crippen molar-refractivity contribution >= 4 is 23.2 Å². The van der Waals surface area contributed by atoms with Crippen LogP contribution in [0.3, 0.4) is 0 Å². The van der Waals surface area contributed by atoms with Crippen LogP contribution in [0, 0.1) is 13.8 Å². The number of hydrogen-bond acceptors (Lipinski definition) is 2. The molecule has 2 rings (SSSR count). The number of aryl methyl sites for hydroxylation is 2. The SMILES string of the molecule is CCCCN1C(Cl)=C(Cl)NC1c1c(C)cccc1C. The van der Waals surface area contributed by atoms with Gasteiger partial charge in [0.15, 0.2) is 0 Å².